The van der Waals surface area contributed by atoms with E-state index in [1.165, 1.54) is 36.4 Å². The molecule has 0 aliphatic carbocycles. The van der Waals surface area contributed by atoms with E-state index in [0.29, 0.717) is 41.9 Å². The van der Waals surface area contributed by atoms with Gasteiger partial charge in [-0.3, -0.25) is 29.4 Å². The van der Waals surface area contributed by atoms with Crippen molar-refractivity contribution in [2.24, 2.45) is 0 Å². The van der Waals surface area contributed by atoms with E-state index in [0.717, 1.165) is 16.9 Å². The number of anilines is 1. The summed E-state index contributed by atoms with van der Waals surface area (Å²) in [7, 11) is 0. The molecule has 0 unspecified atom stereocenters. The number of amides is 3. The van der Waals surface area contributed by atoms with E-state index >= 15 is 0 Å². The van der Waals surface area contributed by atoms with Crippen LogP contribution in [0.1, 0.15) is 48.2 Å². The minimum absolute atomic E-state index is 0.0231. The van der Waals surface area contributed by atoms with Crippen LogP contribution >= 0.6 is 23.4 Å². The Bertz CT molecular complexity index is 1680. The fraction of sp³-hybridized carbons (Fsp3) is 0.250. The molecule has 1 aliphatic rings. The van der Waals surface area contributed by atoms with E-state index < -0.39 is 34.5 Å². The molecule has 0 bridgehead atoms. The highest BCUT2D eigenvalue weighted by atomic mass is 35.5. The van der Waals surface area contributed by atoms with Gasteiger partial charge in [0.2, 0.25) is 5.91 Å². The molecule has 0 saturated carbocycles. The highest BCUT2D eigenvalue weighted by molar-refractivity contribution is 8.18. The maximum atomic E-state index is 13.1. The van der Waals surface area contributed by atoms with Crippen molar-refractivity contribution in [3.05, 3.63) is 97.4 Å². The molecule has 3 amide bonds. The van der Waals surface area contributed by atoms with E-state index in [1.54, 1.807) is 37.3 Å². The average Bonchev–Trinajstić information content (AvgIpc) is 3.29. The van der Waals surface area contributed by atoms with Crippen LogP contribution in [0.25, 0.3) is 6.08 Å². The second-order valence-electron chi connectivity index (χ2n) is 9.85. The Morgan fingerprint density at radius 1 is 1.02 bits per heavy atom. The number of esters is 1. The average molecular weight is 668 g/mol. The zero-order chi connectivity index (χ0) is 33.2. The van der Waals surface area contributed by atoms with E-state index in [4.69, 9.17) is 25.8 Å². The summed E-state index contributed by atoms with van der Waals surface area (Å²) in [5.74, 6) is -1.10. The number of carbonyl (C=O) groups is 4. The number of rotatable bonds is 14. The van der Waals surface area contributed by atoms with Crippen LogP contribution in [-0.4, -0.2) is 52.6 Å². The zero-order valence-corrected chi connectivity index (χ0v) is 26.5. The van der Waals surface area contributed by atoms with Crippen LogP contribution in [0, 0.1) is 10.1 Å². The predicted octanol–water partition coefficient (Wildman–Crippen LogP) is 6.86. The van der Waals surface area contributed by atoms with Crippen molar-refractivity contribution in [1.82, 2.24) is 4.90 Å². The van der Waals surface area contributed by atoms with Gasteiger partial charge < -0.3 is 19.5 Å². The summed E-state index contributed by atoms with van der Waals surface area (Å²) < 4.78 is 16.8. The van der Waals surface area contributed by atoms with Gasteiger partial charge in [-0.1, -0.05) is 31.0 Å². The molecule has 4 rings (SSSR count). The molecule has 1 saturated heterocycles. The topological polar surface area (TPSA) is 154 Å². The summed E-state index contributed by atoms with van der Waals surface area (Å²) in [6.07, 6.45) is 3.07. The number of benzene rings is 3. The van der Waals surface area contributed by atoms with Gasteiger partial charge in [-0.25, -0.2) is 4.79 Å². The number of nitrogens with one attached hydrogen (secondary N) is 1. The van der Waals surface area contributed by atoms with E-state index in [-0.39, 0.29) is 40.1 Å². The van der Waals surface area contributed by atoms with Crippen molar-refractivity contribution in [2.45, 2.75) is 33.3 Å². The van der Waals surface area contributed by atoms with Crippen molar-refractivity contribution in [2.75, 3.05) is 25.1 Å². The molecule has 0 aromatic heterocycles. The second-order valence-corrected chi connectivity index (χ2v) is 11.3. The number of nitro benzene ring substituents is 1. The fourth-order valence-electron chi connectivity index (χ4n) is 4.16. The molecule has 0 atom stereocenters. The molecule has 0 spiro atoms. The number of halogens is 1. The van der Waals surface area contributed by atoms with Crippen LogP contribution in [0.15, 0.2) is 65.6 Å². The summed E-state index contributed by atoms with van der Waals surface area (Å²) in [6, 6.07) is 15.3. The highest BCUT2D eigenvalue weighted by Gasteiger charge is 2.36. The first kappa shape index (κ1) is 34.0. The largest absolute Gasteiger partial charge is 0.490 e. The van der Waals surface area contributed by atoms with Crippen LogP contribution in [0.5, 0.6) is 11.5 Å². The van der Waals surface area contributed by atoms with Gasteiger partial charge in [0.15, 0.2) is 11.5 Å². The molecule has 1 fully saturated rings. The van der Waals surface area contributed by atoms with Crippen molar-refractivity contribution in [3.63, 3.8) is 0 Å². The predicted molar refractivity (Wildman–Crippen MR) is 173 cm³/mol. The van der Waals surface area contributed by atoms with Gasteiger partial charge in [0, 0.05) is 17.8 Å². The number of imide groups is 1. The minimum Gasteiger partial charge on any atom is -0.490 e. The van der Waals surface area contributed by atoms with E-state index in [1.807, 2.05) is 6.92 Å². The van der Waals surface area contributed by atoms with Gasteiger partial charge in [0.25, 0.3) is 16.8 Å². The van der Waals surface area contributed by atoms with Gasteiger partial charge in [-0.15, -0.1) is 0 Å². The van der Waals surface area contributed by atoms with Crippen LogP contribution < -0.4 is 14.8 Å². The molecule has 12 nitrogen and oxygen atoms in total. The third-order valence-corrected chi connectivity index (χ3v) is 7.72. The number of ether oxygens (including phenoxy) is 3. The number of unbranched alkanes of at least 4 members (excludes halogenated alkanes) is 1. The molecular weight excluding hydrogens is 638 g/mol. The van der Waals surface area contributed by atoms with Gasteiger partial charge in [0.05, 0.1) is 33.6 Å². The summed E-state index contributed by atoms with van der Waals surface area (Å²) in [6.45, 7) is 3.93. The zero-order valence-electron chi connectivity index (χ0n) is 24.9. The van der Waals surface area contributed by atoms with Gasteiger partial charge in [-0.2, -0.15) is 0 Å². The Hall–Kier alpha value is -4.88. The summed E-state index contributed by atoms with van der Waals surface area (Å²) in [4.78, 5) is 62.2. The lowest BCUT2D eigenvalue weighted by molar-refractivity contribution is -0.384. The highest BCUT2D eigenvalue weighted by Crippen LogP contribution is 2.35. The van der Waals surface area contributed by atoms with E-state index in [2.05, 4.69) is 5.32 Å². The van der Waals surface area contributed by atoms with E-state index in [9.17, 15) is 29.3 Å². The summed E-state index contributed by atoms with van der Waals surface area (Å²) >= 11 is 6.83. The molecule has 240 valence electrons. The third kappa shape index (κ3) is 8.86. The number of non-ortho nitro benzene ring substituents is 1. The molecule has 3 aromatic carbocycles. The monoisotopic (exact) mass is 667 g/mol. The Kier molecular flexibility index (Phi) is 11.8. The third-order valence-electron chi connectivity index (χ3n) is 6.48. The van der Waals surface area contributed by atoms with Gasteiger partial charge in [-0.05, 0) is 84.8 Å². The minimum atomic E-state index is -0.649. The van der Waals surface area contributed by atoms with Crippen molar-refractivity contribution >= 4 is 63.8 Å². The van der Waals surface area contributed by atoms with Crippen LogP contribution in [-0.2, 0) is 20.9 Å². The van der Waals surface area contributed by atoms with Crippen LogP contribution in [0.4, 0.5) is 16.2 Å². The first-order valence-corrected chi connectivity index (χ1v) is 15.4. The van der Waals surface area contributed by atoms with Crippen molar-refractivity contribution in [1.29, 1.82) is 0 Å². The second kappa shape index (κ2) is 15.9. The molecule has 1 aliphatic heterocycles. The normalized spacial score (nSPS) is 13.5. The number of hydrogen-bond donors (Lipinski definition) is 1. The van der Waals surface area contributed by atoms with Crippen LogP contribution in [0.3, 0.4) is 0 Å². The lowest BCUT2D eigenvalue weighted by Gasteiger charge is -2.14. The summed E-state index contributed by atoms with van der Waals surface area (Å²) in [5.41, 5.74) is 1.58. The lowest BCUT2D eigenvalue weighted by Crippen LogP contribution is -2.36. The maximum absolute atomic E-state index is 13.1. The molecule has 3 aromatic rings. The first-order valence-electron chi connectivity index (χ1n) is 14.2. The Morgan fingerprint density at radius 2 is 1.78 bits per heavy atom. The number of nitro groups is 1. The Morgan fingerprint density at radius 3 is 2.48 bits per heavy atom. The SMILES string of the molecule is CCCCOC(=O)c1cc(NC(=O)CN2C(=O)S/C(=C/c3ccc(OCc4ccc([N+](=O)[O-])cc4)c(OCC)c3)C2=O)ccc1Cl. The number of carbonyl (C=O) groups excluding carboxylic acids is 4. The summed E-state index contributed by atoms with van der Waals surface area (Å²) in [5, 5.41) is 13.0. The smallest absolute Gasteiger partial charge is 0.339 e. The van der Waals surface area contributed by atoms with Gasteiger partial charge in [0.1, 0.15) is 13.2 Å². The Labute approximate surface area is 273 Å². The number of nitrogens with zero attached hydrogens (tertiary/aromatic N) is 2. The first-order chi connectivity index (χ1) is 22.1. The number of thioether (sulfide) groups is 1. The molecule has 46 heavy (non-hydrogen) atoms. The van der Waals surface area contributed by atoms with Gasteiger partial charge >= 0.3 is 5.97 Å². The van der Waals surface area contributed by atoms with Crippen LogP contribution in [0.2, 0.25) is 5.02 Å². The molecular formula is C32H30ClN3O9S. The number of hydrogen-bond acceptors (Lipinski definition) is 10. The van der Waals surface area contributed by atoms with Crippen molar-refractivity contribution < 1.29 is 38.3 Å². The van der Waals surface area contributed by atoms with Crippen molar-refractivity contribution in [3.8, 4) is 11.5 Å². The fourth-order valence-corrected chi connectivity index (χ4v) is 5.19. The lowest BCUT2D eigenvalue weighted by atomic mass is 10.1. The Balaban J connectivity index is 1.40. The maximum Gasteiger partial charge on any atom is 0.339 e. The standard InChI is InChI=1S/C32H30ClN3O9S/c1-3-5-14-44-31(39)24-17-22(9-12-25(24)33)34-29(37)18-35-30(38)28(46-32(35)40)16-21-8-13-26(27(15-21)43-4-2)45-19-20-6-10-23(11-7-20)36(41)42/h6-13,15-17H,3-5,14,18-19H2,1-2H3,(H,34,37)/b28-16+. The quantitative estimate of drug-likeness (QED) is 0.0634. The molecule has 1 heterocycles. The molecule has 0 radical (unpaired) electrons. The molecule has 14 heteroatoms. The molecule has 1 N–H and O–H groups in total.